The molecular weight excluding hydrogens is 280 g/mol. The summed E-state index contributed by atoms with van der Waals surface area (Å²) in [5, 5.41) is 0. The van der Waals surface area contributed by atoms with Crippen LogP contribution in [0.4, 0.5) is 0 Å². The van der Waals surface area contributed by atoms with E-state index in [1.54, 1.807) is 13.2 Å². The van der Waals surface area contributed by atoms with Crippen LogP contribution in [-0.4, -0.2) is 32.9 Å². The lowest BCUT2D eigenvalue weighted by Crippen LogP contribution is -2.10. The van der Waals surface area contributed by atoms with Crippen LogP contribution in [0, 0.1) is 6.92 Å². The Morgan fingerprint density at radius 3 is 2.50 bits per heavy atom. The monoisotopic (exact) mass is 308 g/mol. The third-order valence-corrected chi connectivity index (χ3v) is 3.44. The second kappa shape index (κ2) is 11.1. The number of hydrogen-bond acceptors (Lipinski definition) is 4. The molecule has 0 N–H and O–H groups in total. The maximum atomic E-state index is 11.8. The maximum Gasteiger partial charge on any atom is 0.338 e. The maximum absolute atomic E-state index is 11.8. The largest absolute Gasteiger partial charge is 0.493 e. The van der Waals surface area contributed by atoms with E-state index in [4.69, 9.17) is 14.2 Å². The van der Waals surface area contributed by atoms with Gasteiger partial charge in [0.15, 0.2) is 0 Å². The van der Waals surface area contributed by atoms with E-state index >= 15 is 0 Å². The van der Waals surface area contributed by atoms with Gasteiger partial charge in [0, 0.05) is 7.11 Å². The summed E-state index contributed by atoms with van der Waals surface area (Å²) >= 11 is 0. The number of ether oxygens (including phenoxy) is 3. The number of methoxy groups -OCH3 is 1. The quantitative estimate of drug-likeness (QED) is 0.455. The Morgan fingerprint density at radius 1 is 1.05 bits per heavy atom. The number of hydrogen-bond donors (Lipinski definition) is 0. The van der Waals surface area contributed by atoms with Gasteiger partial charge < -0.3 is 14.2 Å². The number of benzene rings is 1. The van der Waals surface area contributed by atoms with Crippen molar-refractivity contribution < 1.29 is 19.0 Å². The molecular formula is C18H28O4. The highest BCUT2D eigenvalue weighted by Gasteiger charge is 2.09. The highest BCUT2D eigenvalue weighted by atomic mass is 16.6. The molecule has 0 aliphatic heterocycles. The number of carbonyl (C=O) groups is 1. The first-order valence-electron chi connectivity index (χ1n) is 8.08. The summed E-state index contributed by atoms with van der Waals surface area (Å²) in [6, 6.07) is 5.39. The highest BCUT2D eigenvalue weighted by molar-refractivity contribution is 5.89. The van der Waals surface area contributed by atoms with Crippen LogP contribution in [-0.2, 0) is 9.47 Å². The molecule has 4 nitrogen and oxygen atoms in total. The van der Waals surface area contributed by atoms with Crippen molar-refractivity contribution in [3.8, 4) is 5.75 Å². The van der Waals surface area contributed by atoms with E-state index in [0.717, 1.165) is 24.3 Å². The molecule has 22 heavy (non-hydrogen) atoms. The summed E-state index contributed by atoms with van der Waals surface area (Å²) in [5.41, 5.74) is 1.50. The molecule has 0 aromatic heterocycles. The molecule has 0 atom stereocenters. The fourth-order valence-corrected chi connectivity index (χ4v) is 2.13. The molecule has 0 spiro atoms. The van der Waals surface area contributed by atoms with E-state index in [2.05, 4.69) is 6.92 Å². The van der Waals surface area contributed by atoms with Crippen LogP contribution in [0.15, 0.2) is 18.2 Å². The molecule has 0 bridgehead atoms. The van der Waals surface area contributed by atoms with Gasteiger partial charge in [-0.05, 0) is 37.1 Å². The Hall–Kier alpha value is -1.55. The van der Waals surface area contributed by atoms with Crippen molar-refractivity contribution in [1.82, 2.24) is 0 Å². The fraction of sp³-hybridized carbons (Fsp3) is 0.611. The van der Waals surface area contributed by atoms with Gasteiger partial charge >= 0.3 is 5.97 Å². The van der Waals surface area contributed by atoms with Gasteiger partial charge in [0.2, 0.25) is 0 Å². The minimum absolute atomic E-state index is 0.268. The number of carbonyl (C=O) groups excluding carboxylic acids is 1. The van der Waals surface area contributed by atoms with Crippen molar-refractivity contribution in [2.24, 2.45) is 0 Å². The third-order valence-electron chi connectivity index (χ3n) is 3.44. The van der Waals surface area contributed by atoms with Gasteiger partial charge in [0.05, 0.1) is 18.8 Å². The lowest BCUT2D eigenvalue weighted by atomic mass is 10.1. The Labute approximate surface area is 133 Å². The summed E-state index contributed by atoms with van der Waals surface area (Å²) in [4.78, 5) is 11.8. The molecule has 0 heterocycles. The second-order valence-electron chi connectivity index (χ2n) is 5.37. The standard InChI is InChI=1S/C18H28O4/c1-4-5-6-7-8-11-21-17-10-9-16(14-15(17)2)18(19)22-13-12-20-3/h9-10,14H,4-8,11-13H2,1-3H3. The zero-order valence-electron chi connectivity index (χ0n) is 14.0. The normalized spacial score (nSPS) is 10.5. The molecule has 1 aromatic rings. The van der Waals surface area contributed by atoms with Gasteiger partial charge in [-0.25, -0.2) is 4.79 Å². The van der Waals surface area contributed by atoms with E-state index in [0.29, 0.717) is 12.2 Å². The van der Waals surface area contributed by atoms with Crippen LogP contribution in [0.2, 0.25) is 0 Å². The minimum atomic E-state index is -0.328. The molecule has 1 aromatic carbocycles. The minimum Gasteiger partial charge on any atom is -0.493 e. The number of aryl methyl sites for hydroxylation is 1. The lowest BCUT2D eigenvalue weighted by molar-refractivity contribution is 0.0388. The Balaban J connectivity index is 2.39. The zero-order chi connectivity index (χ0) is 16.2. The molecule has 4 heteroatoms. The molecule has 0 saturated carbocycles. The average Bonchev–Trinajstić information content (AvgIpc) is 2.52. The van der Waals surface area contributed by atoms with Crippen LogP contribution in [0.5, 0.6) is 5.75 Å². The predicted molar refractivity (Wildman–Crippen MR) is 87.6 cm³/mol. The number of rotatable bonds is 11. The molecule has 0 aliphatic rings. The molecule has 0 saturated heterocycles. The molecule has 0 aliphatic carbocycles. The van der Waals surface area contributed by atoms with Crippen molar-refractivity contribution in [3.63, 3.8) is 0 Å². The van der Waals surface area contributed by atoms with Crippen molar-refractivity contribution in [1.29, 1.82) is 0 Å². The summed E-state index contributed by atoms with van der Waals surface area (Å²) in [7, 11) is 1.58. The van der Waals surface area contributed by atoms with Gasteiger partial charge in [0.25, 0.3) is 0 Å². The van der Waals surface area contributed by atoms with E-state index in [1.165, 1.54) is 25.7 Å². The Morgan fingerprint density at radius 2 is 1.82 bits per heavy atom. The fourth-order valence-electron chi connectivity index (χ4n) is 2.13. The van der Waals surface area contributed by atoms with Crippen LogP contribution >= 0.6 is 0 Å². The summed E-state index contributed by atoms with van der Waals surface area (Å²) in [6.45, 7) is 5.55. The molecule has 1 rings (SSSR count). The second-order valence-corrected chi connectivity index (χ2v) is 5.37. The van der Waals surface area contributed by atoms with E-state index in [9.17, 15) is 4.79 Å². The molecule has 0 unspecified atom stereocenters. The molecule has 0 amide bonds. The van der Waals surface area contributed by atoms with Crippen LogP contribution in [0.25, 0.3) is 0 Å². The smallest absolute Gasteiger partial charge is 0.338 e. The topological polar surface area (TPSA) is 44.8 Å². The van der Waals surface area contributed by atoms with Crippen molar-refractivity contribution in [2.45, 2.75) is 46.0 Å². The number of unbranched alkanes of at least 4 members (excludes halogenated alkanes) is 4. The van der Waals surface area contributed by atoms with E-state index in [-0.39, 0.29) is 12.6 Å². The first-order chi connectivity index (χ1) is 10.7. The van der Waals surface area contributed by atoms with Gasteiger partial charge in [-0.15, -0.1) is 0 Å². The zero-order valence-corrected chi connectivity index (χ0v) is 14.0. The average molecular weight is 308 g/mol. The van der Waals surface area contributed by atoms with Crippen LogP contribution in [0.1, 0.15) is 54.9 Å². The Kier molecular flexibility index (Phi) is 9.31. The van der Waals surface area contributed by atoms with Crippen LogP contribution < -0.4 is 4.74 Å². The molecule has 0 radical (unpaired) electrons. The van der Waals surface area contributed by atoms with Gasteiger partial charge in [-0.3, -0.25) is 0 Å². The third kappa shape index (κ3) is 6.94. The van der Waals surface area contributed by atoms with E-state index < -0.39 is 0 Å². The van der Waals surface area contributed by atoms with Crippen molar-refractivity contribution >= 4 is 5.97 Å². The van der Waals surface area contributed by atoms with E-state index in [1.807, 2.05) is 19.1 Å². The van der Waals surface area contributed by atoms with Crippen molar-refractivity contribution in [2.75, 3.05) is 26.9 Å². The summed E-state index contributed by atoms with van der Waals surface area (Å²) < 4.78 is 15.7. The lowest BCUT2D eigenvalue weighted by Gasteiger charge is -2.10. The van der Waals surface area contributed by atoms with Gasteiger partial charge in [-0.2, -0.15) is 0 Å². The molecule has 124 valence electrons. The predicted octanol–water partition coefficient (Wildman–Crippen LogP) is 4.15. The SMILES string of the molecule is CCCCCCCOc1ccc(C(=O)OCCOC)cc1C. The summed E-state index contributed by atoms with van der Waals surface area (Å²) in [5.74, 6) is 0.509. The summed E-state index contributed by atoms with van der Waals surface area (Å²) in [6.07, 6.45) is 6.09. The highest BCUT2D eigenvalue weighted by Crippen LogP contribution is 2.20. The van der Waals surface area contributed by atoms with Gasteiger partial charge in [-0.1, -0.05) is 32.6 Å². The van der Waals surface area contributed by atoms with Crippen molar-refractivity contribution in [3.05, 3.63) is 29.3 Å². The molecule has 0 fully saturated rings. The van der Waals surface area contributed by atoms with Crippen LogP contribution in [0.3, 0.4) is 0 Å². The Bertz CT molecular complexity index is 443. The van der Waals surface area contributed by atoms with Gasteiger partial charge in [0.1, 0.15) is 12.4 Å². The number of esters is 1. The first kappa shape index (κ1) is 18.5. The first-order valence-corrected chi connectivity index (χ1v) is 8.08.